The van der Waals surface area contributed by atoms with Crippen molar-refractivity contribution in [2.45, 2.75) is 0 Å². The Morgan fingerprint density at radius 1 is 0.477 bits per heavy atom. The molecule has 0 aliphatic rings. The van der Waals surface area contributed by atoms with Crippen molar-refractivity contribution in [2.24, 2.45) is 0 Å². The van der Waals surface area contributed by atoms with Crippen molar-refractivity contribution < 1.29 is 4.42 Å². The summed E-state index contributed by atoms with van der Waals surface area (Å²) < 4.78 is 8.97. The van der Waals surface area contributed by atoms with Crippen LogP contribution in [0.5, 0.6) is 0 Å². The van der Waals surface area contributed by atoms with Crippen LogP contribution in [0.4, 0.5) is 0 Å². The van der Waals surface area contributed by atoms with Gasteiger partial charge < -0.3 is 4.42 Å². The number of pyridine rings is 1. The van der Waals surface area contributed by atoms with Crippen LogP contribution < -0.4 is 0 Å². The van der Waals surface area contributed by atoms with Gasteiger partial charge in [-0.15, -0.1) is 11.3 Å². The van der Waals surface area contributed by atoms with E-state index in [0.717, 1.165) is 65.9 Å². The molecule has 0 aliphatic heterocycles. The van der Waals surface area contributed by atoms with Crippen molar-refractivity contribution in [3.63, 3.8) is 0 Å². The molecular weight excluding hydrogens is 559 g/mol. The average Bonchev–Trinajstić information content (AvgIpc) is 3.64. The van der Waals surface area contributed by atoms with Crippen LogP contribution in [-0.2, 0) is 0 Å². The van der Waals surface area contributed by atoms with Gasteiger partial charge in [0, 0.05) is 41.9 Å². The second-order valence-corrected chi connectivity index (χ2v) is 12.3. The maximum Gasteiger partial charge on any atom is 0.180 e. The number of hydrogen-bond donors (Lipinski definition) is 0. The molecule has 0 amide bonds. The van der Waals surface area contributed by atoms with Gasteiger partial charge >= 0.3 is 0 Å². The number of aromatic nitrogens is 3. The largest absolute Gasteiger partial charge is 0.452 e. The molecule has 4 heterocycles. The molecule has 44 heavy (non-hydrogen) atoms. The number of rotatable bonds is 2. The molecule has 0 atom stereocenters. The smallest absolute Gasteiger partial charge is 0.180 e. The Morgan fingerprint density at radius 3 is 2.11 bits per heavy atom. The Morgan fingerprint density at radius 2 is 1.20 bits per heavy atom. The number of benzene rings is 6. The van der Waals surface area contributed by atoms with Crippen LogP contribution >= 0.6 is 11.3 Å². The van der Waals surface area contributed by atoms with Gasteiger partial charge in [0.2, 0.25) is 0 Å². The minimum atomic E-state index is 0.585. The average molecular weight is 580 g/mol. The van der Waals surface area contributed by atoms with Crippen molar-refractivity contribution in [1.82, 2.24) is 15.0 Å². The normalized spacial score (nSPS) is 12.1. The van der Waals surface area contributed by atoms with Gasteiger partial charge in [-0.3, -0.25) is 0 Å². The Bertz CT molecular complexity index is 2790. The zero-order valence-electron chi connectivity index (χ0n) is 23.3. The van der Waals surface area contributed by atoms with Gasteiger partial charge in [0.1, 0.15) is 22.5 Å². The number of nitrogens with zero attached hydrogens (tertiary/aromatic N) is 3. The van der Waals surface area contributed by atoms with E-state index in [4.69, 9.17) is 19.4 Å². The summed E-state index contributed by atoms with van der Waals surface area (Å²) in [6.07, 6.45) is 0. The lowest BCUT2D eigenvalue weighted by atomic mass is 10.00. The molecule has 10 aromatic rings. The SMILES string of the molecule is c1ccc2c(-c3nc(-c4nc5cc6sc7ccccc7c6cc5c5ccccc45)nc4c3oc3ccccc34)cccc2c1. The molecule has 0 N–H and O–H groups in total. The summed E-state index contributed by atoms with van der Waals surface area (Å²) in [5.41, 5.74) is 5.74. The third kappa shape index (κ3) is 3.36. The van der Waals surface area contributed by atoms with Crippen molar-refractivity contribution in [2.75, 3.05) is 0 Å². The van der Waals surface area contributed by atoms with E-state index in [1.54, 1.807) is 11.3 Å². The fourth-order valence-corrected chi connectivity index (χ4v) is 7.78. The lowest BCUT2D eigenvalue weighted by Crippen LogP contribution is -1.98. The van der Waals surface area contributed by atoms with E-state index in [1.165, 1.54) is 20.2 Å². The zero-order chi connectivity index (χ0) is 28.8. The number of furan rings is 1. The molecule has 0 spiro atoms. The first-order valence-corrected chi connectivity index (χ1v) is 15.4. The quantitative estimate of drug-likeness (QED) is 0.191. The molecule has 0 saturated heterocycles. The Hall–Kier alpha value is -5.65. The van der Waals surface area contributed by atoms with Crippen LogP contribution in [0.15, 0.2) is 132 Å². The molecule has 204 valence electrons. The Balaban J connectivity index is 1.33. The molecule has 0 aliphatic carbocycles. The van der Waals surface area contributed by atoms with Gasteiger partial charge in [0.15, 0.2) is 11.4 Å². The summed E-state index contributed by atoms with van der Waals surface area (Å²) in [5, 5.41) is 9.06. The van der Waals surface area contributed by atoms with Crippen molar-refractivity contribution >= 4 is 86.0 Å². The Kier molecular flexibility index (Phi) is 4.84. The van der Waals surface area contributed by atoms with E-state index in [2.05, 4.69) is 109 Å². The van der Waals surface area contributed by atoms with Gasteiger partial charge in [-0.25, -0.2) is 15.0 Å². The fourth-order valence-electron chi connectivity index (χ4n) is 6.66. The topological polar surface area (TPSA) is 51.8 Å². The van der Waals surface area contributed by atoms with E-state index >= 15 is 0 Å². The van der Waals surface area contributed by atoms with Crippen molar-refractivity contribution in [3.8, 4) is 22.8 Å². The molecular formula is C39H21N3OS. The van der Waals surface area contributed by atoms with Crippen LogP contribution in [0.1, 0.15) is 0 Å². The van der Waals surface area contributed by atoms with Gasteiger partial charge in [0.05, 0.1) is 5.52 Å². The molecule has 4 nitrogen and oxygen atoms in total. The van der Waals surface area contributed by atoms with Crippen molar-refractivity contribution in [3.05, 3.63) is 127 Å². The maximum absolute atomic E-state index is 6.47. The van der Waals surface area contributed by atoms with Crippen molar-refractivity contribution in [1.29, 1.82) is 0 Å². The predicted octanol–water partition coefficient (Wildman–Crippen LogP) is 10.9. The first kappa shape index (κ1) is 23.9. The van der Waals surface area contributed by atoms with E-state index in [1.807, 2.05) is 18.2 Å². The second-order valence-electron chi connectivity index (χ2n) is 11.2. The molecule has 0 unspecified atom stereocenters. The number of para-hydroxylation sites is 1. The summed E-state index contributed by atoms with van der Waals surface area (Å²) in [6.45, 7) is 0. The van der Waals surface area contributed by atoms with E-state index in [0.29, 0.717) is 11.4 Å². The maximum atomic E-state index is 6.47. The summed E-state index contributed by atoms with van der Waals surface area (Å²) in [5.74, 6) is 0.585. The molecule has 0 radical (unpaired) electrons. The molecule has 4 aromatic heterocycles. The second kappa shape index (κ2) is 8.93. The predicted molar refractivity (Wildman–Crippen MR) is 183 cm³/mol. The van der Waals surface area contributed by atoms with Gasteiger partial charge in [-0.05, 0) is 46.5 Å². The summed E-state index contributed by atoms with van der Waals surface area (Å²) >= 11 is 1.81. The highest BCUT2D eigenvalue weighted by Crippen LogP contribution is 2.41. The molecule has 6 aromatic carbocycles. The van der Waals surface area contributed by atoms with Crippen LogP contribution in [0.2, 0.25) is 0 Å². The Labute approximate surface area is 254 Å². The molecule has 5 heteroatoms. The fraction of sp³-hybridized carbons (Fsp3) is 0. The van der Waals surface area contributed by atoms with E-state index in [-0.39, 0.29) is 0 Å². The number of thiophene rings is 1. The highest BCUT2D eigenvalue weighted by atomic mass is 32.1. The highest BCUT2D eigenvalue weighted by molar-refractivity contribution is 7.25. The van der Waals surface area contributed by atoms with Gasteiger partial charge in [-0.2, -0.15) is 0 Å². The van der Waals surface area contributed by atoms with Crippen LogP contribution in [-0.4, -0.2) is 15.0 Å². The molecule has 0 bridgehead atoms. The third-order valence-electron chi connectivity index (χ3n) is 8.68. The lowest BCUT2D eigenvalue weighted by molar-refractivity contribution is 0.667. The molecule has 0 fully saturated rings. The highest BCUT2D eigenvalue weighted by Gasteiger charge is 2.22. The first-order chi connectivity index (χ1) is 21.8. The number of fused-ring (bicyclic) bond motifs is 10. The monoisotopic (exact) mass is 579 g/mol. The van der Waals surface area contributed by atoms with E-state index in [9.17, 15) is 0 Å². The van der Waals surface area contributed by atoms with Crippen LogP contribution in [0.25, 0.3) is 97.5 Å². The zero-order valence-corrected chi connectivity index (χ0v) is 24.1. The first-order valence-electron chi connectivity index (χ1n) is 14.6. The van der Waals surface area contributed by atoms with Gasteiger partial charge in [0.25, 0.3) is 0 Å². The van der Waals surface area contributed by atoms with Crippen LogP contribution in [0, 0.1) is 0 Å². The van der Waals surface area contributed by atoms with E-state index < -0.39 is 0 Å². The summed E-state index contributed by atoms with van der Waals surface area (Å²) in [6, 6.07) is 44.4. The van der Waals surface area contributed by atoms with Crippen LogP contribution in [0.3, 0.4) is 0 Å². The third-order valence-corrected chi connectivity index (χ3v) is 9.81. The molecule has 0 saturated carbocycles. The summed E-state index contributed by atoms with van der Waals surface area (Å²) in [4.78, 5) is 15.8. The minimum Gasteiger partial charge on any atom is -0.452 e. The number of hydrogen-bond acceptors (Lipinski definition) is 5. The summed E-state index contributed by atoms with van der Waals surface area (Å²) in [7, 11) is 0. The van der Waals surface area contributed by atoms with Gasteiger partial charge in [-0.1, -0.05) is 97.1 Å². The molecule has 10 rings (SSSR count). The lowest BCUT2D eigenvalue weighted by Gasteiger charge is -2.12. The standard InChI is InChI=1S/C39H21N3OS/c1-2-12-23-22(10-1)11-9-17-26(23)35-38-36(28-16-5-7-18-32(28)43-38)42-39(41-35)37-27-15-4-3-13-24(27)29-20-30-25-14-6-8-19-33(25)44-34(30)21-31(29)40-37/h1-21H. The minimum absolute atomic E-state index is 0.585.